The van der Waals surface area contributed by atoms with E-state index in [1.165, 1.54) is 12.1 Å². The van der Waals surface area contributed by atoms with Crippen LogP contribution in [0.5, 0.6) is 0 Å². The van der Waals surface area contributed by atoms with Crippen molar-refractivity contribution < 1.29 is 4.39 Å². The average Bonchev–Trinajstić information content (AvgIpc) is 2.19. The quantitative estimate of drug-likeness (QED) is 0.835. The third kappa shape index (κ3) is 4.45. The van der Waals surface area contributed by atoms with E-state index in [-0.39, 0.29) is 5.82 Å². The van der Waals surface area contributed by atoms with Gasteiger partial charge in [0.1, 0.15) is 5.82 Å². The van der Waals surface area contributed by atoms with Crippen LogP contribution in [0.1, 0.15) is 13.8 Å². The van der Waals surface area contributed by atoms with E-state index < -0.39 is 0 Å². The van der Waals surface area contributed by atoms with Crippen molar-refractivity contribution in [3.63, 3.8) is 0 Å². The number of hydrogen-bond acceptors (Lipinski definition) is 1. The first-order chi connectivity index (χ1) is 7.49. The van der Waals surface area contributed by atoms with Gasteiger partial charge in [-0.25, -0.2) is 4.39 Å². The summed E-state index contributed by atoms with van der Waals surface area (Å²) in [4.78, 5) is 0. The van der Waals surface area contributed by atoms with E-state index in [2.05, 4.69) is 40.4 Å². The molecule has 2 N–H and O–H groups in total. The van der Waals surface area contributed by atoms with Gasteiger partial charge in [-0.05, 0) is 52.3 Å². The van der Waals surface area contributed by atoms with Gasteiger partial charge in [-0.15, -0.1) is 0 Å². The zero-order valence-electron chi connectivity index (χ0n) is 9.18. The van der Waals surface area contributed by atoms with Crippen LogP contribution in [0.3, 0.4) is 0 Å². The molecule has 0 aliphatic carbocycles. The highest BCUT2D eigenvalue weighted by molar-refractivity contribution is 9.10. The highest BCUT2D eigenvalue weighted by Crippen LogP contribution is 2.22. The van der Waals surface area contributed by atoms with Crippen molar-refractivity contribution in [1.29, 1.82) is 0 Å². The molecular formula is C11H14BrFN2S. The highest BCUT2D eigenvalue weighted by Gasteiger charge is 2.03. The lowest BCUT2D eigenvalue weighted by molar-refractivity contribution is 0.626. The molecule has 2 nitrogen and oxygen atoms in total. The highest BCUT2D eigenvalue weighted by atomic mass is 79.9. The van der Waals surface area contributed by atoms with E-state index in [9.17, 15) is 4.39 Å². The minimum atomic E-state index is -0.279. The second kappa shape index (κ2) is 6.15. The van der Waals surface area contributed by atoms with Crippen LogP contribution >= 0.6 is 28.1 Å². The van der Waals surface area contributed by atoms with Crippen molar-refractivity contribution in [3.05, 3.63) is 28.5 Å². The van der Waals surface area contributed by atoms with Gasteiger partial charge >= 0.3 is 0 Å². The third-order valence-corrected chi connectivity index (χ3v) is 2.75. The zero-order chi connectivity index (χ0) is 12.1. The summed E-state index contributed by atoms with van der Waals surface area (Å²) in [5.41, 5.74) is 0.752. The van der Waals surface area contributed by atoms with Crippen LogP contribution < -0.4 is 10.6 Å². The van der Waals surface area contributed by atoms with Gasteiger partial charge in [0, 0.05) is 11.0 Å². The summed E-state index contributed by atoms with van der Waals surface area (Å²) in [6.45, 7) is 5.01. The number of thiocarbonyl (C=S) groups is 1. The molecule has 88 valence electrons. The molecule has 16 heavy (non-hydrogen) atoms. The van der Waals surface area contributed by atoms with E-state index in [1.54, 1.807) is 6.07 Å². The molecule has 0 heterocycles. The summed E-state index contributed by atoms with van der Waals surface area (Å²) in [5.74, 6) is 0.245. The second-order valence-electron chi connectivity index (χ2n) is 3.85. The molecule has 1 rings (SSSR count). The lowest BCUT2D eigenvalue weighted by Crippen LogP contribution is -2.31. The van der Waals surface area contributed by atoms with Crippen LogP contribution in [-0.4, -0.2) is 11.7 Å². The van der Waals surface area contributed by atoms with Crippen molar-refractivity contribution in [3.8, 4) is 0 Å². The minimum absolute atomic E-state index is 0.279. The van der Waals surface area contributed by atoms with Gasteiger partial charge in [0.05, 0.1) is 5.69 Å². The Morgan fingerprint density at radius 2 is 2.19 bits per heavy atom. The standard InChI is InChI=1S/C11H14BrFN2S/c1-7(2)6-14-11(16)15-10-4-3-8(13)5-9(10)12/h3-5,7H,6H2,1-2H3,(H2,14,15,16). The Hall–Kier alpha value is -0.680. The predicted molar refractivity (Wildman–Crippen MR) is 73.2 cm³/mol. The summed E-state index contributed by atoms with van der Waals surface area (Å²) in [7, 11) is 0. The summed E-state index contributed by atoms with van der Waals surface area (Å²) >= 11 is 8.38. The lowest BCUT2D eigenvalue weighted by atomic mass is 10.2. The fraction of sp³-hybridized carbons (Fsp3) is 0.364. The molecule has 0 saturated heterocycles. The van der Waals surface area contributed by atoms with Crippen molar-refractivity contribution in [2.45, 2.75) is 13.8 Å². The Kier molecular flexibility index (Phi) is 5.15. The summed E-state index contributed by atoms with van der Waals surface area (Å²) in [5, 5.41) is 6.62. The molecule has 0 aromatic heterocycles. The summed E-state index contributed by atoms with van der Waals surface area (Å²) in [6.07, 6.45) is 0. The Bertz CT molecular complexity index is 382. The number of rotatable bonds is 3. The minimum Gasteiger partial charge on any atom is -0.362 e. The SMILES string of the molecule is CC(C)CNC(=S)Nc1ccc(F)cc1Br. The topological polar surface area (TPSA) is 24.1 Å². The average molecular weight is 305 g/mol. The zero-order valence-corrected chi connectivity index (χ0v) is 11.6. The van der Waals surface area contributed by atoms with Gasteiger partial charge in [-0.2, -0.15) is 0 Å². The molecule has 0 aliphatic heterocycles. The fourth-order valence-electron chi connectivity index (χ4n) is 1.05. The molecule has 0 atom stereocenters. The third-order valence-electron chi connectivity index (χ3n) is 1.85. The van der Waals surface area contributed by atoms with Crippen LogP contribution in [0.25, 0.3) is 0 Å². The lowest BCUT2D eigenvalue weighted by Gasteiger charge is -2.13. The monoisotopic (exact) mass is 304 g/mol. The van der Waals surface area contributed by atoms with Crippen molar-refractivity contribution >= 4 is 38.9 Å². The Morgan fingerprint density at radius 1 is 1.50 bits per heavy atom. The Balaban J connectivity index is 2.56. The van der Waals surface area contributed by atoms with E-state index >= 15 is 0 Å². The first-order valence-corrected chi connectivity index (χ1v) is 6.19. The van der Waals surface area contributed by atoms with Crippen LogP contribution in [0.2, 0.25) is 0 Å². The van der Waals surface area contributed by atoms with Gasteiger partial charge in [0.15, 0.2) is 5.11 Å². The molecule has 0 bridgehead atoms. The molecule has 0 unspecified atom stereocenters. The number of halogens is 2. The van der Waals surface area contributed by atoms with Crippen LogP contribution in [0.15, 0.2) is 22.7 Å². The maximum atomic E-state index is 12.8. The maximum Gasteiger partial charge on any atom is 0.170 e. The van der Waals surface area contributed by atoms with Gasteiger partial charge in [0.2, 0.25) is 0 Å². The van der Waals surface area contributed by atoms with Gasteiger partial charge in [0.25, 0.3) is 0 Å². The largest absolute Gasteiger partial charge is 0.362 e. The first kappa shape index (κ1) is 13.4. The Labute approximate surface area is 109 Å². The smallest absolute Gasteiger partial charge is 0.170 e. The van der Waals surface area contributed by atoms with E-state index in [0.717, 1.165) is 12.2 Å². The van der Waals surface area contributed by atoms with Gasteiger partial charge < -0.3 is 10.6 Å². The van der Waals surface area contributed by atoms with Crippen LogP contribution in [0.4, 0.5) is 10.1 Å². The fourth-order valence-corrected chi connectivity index (χ4v) is 1.70. The molecule has 1 aromatic rings. The molecule has 5 heteroatoms. The summed E-state index contributed by atoms with van der Waals surface area (Å²) in [6, 6.07) is 4.42. The molecule has 0 spiro atoms. The predicted octanol–water partition coefficient (Wildman–Crippen LogP) is 3.53. The Morgan fingerprint density at radius 3 is 2.75 bits per heavy atom. The van der Waals surface area contributed by atoms with Gasteiger partial charge in [-0.3, -0.25) is 0 Å². The molecule has 0 fully saturated rings. The van der Waals surface area contributed by atoms with E-state index in [1.807, 2.05) is 0 Å². The molecule has 0 radical (unpaired) electrons. The molecular weight excluding hydrogens is 291 g/mol. The summed E-state index contributed by atoms with van der Waals surface area (Å²) < 4.78 is 13.5. The molecule has 0 amide bonds. The molecule has 0 aliphatic rings. The van der Waals surface area contributed by atoms with Crippen LogP contribution in [0, 0.1) is 11.7 Å². The van der Waals surface area contributed by atoms with Gasteiger partial charge in [-0.1, -0.05) is 13.8 Å². The van der Waals surface area contributed by atoms with E-state index in [0.29, 0.717) is 15.5 Å². The molecule has 0 saturated carbocycles. The number of benzene rings is 1. The van der Waals surface area contributed by atoms with Crippen LogP contribution in [-0.2, 0) is 0 Å². The second-order valence-corrected chi connectivity index (χ2v) is 5.12. The first-order valence-electron chi connectivity index (χ1n) is 4.99. The van der Waals surface area contributed by atoms with Crippen molar-refractivity contribution in [2.24, 2.45) is 5.92 Å². The molecule has 1 aromatic carbocycles. The van der Waals surface area contributed by atoms with Crippen molar-refractivity contribution in [1.82, 2.24) is 5.32 Å². The van der Waals surface area contributed by atoms with E-state index in [4.69, 9.17) is 12.2 Å². The van der Waals surface area contributed by atoms with Crippen molar-refractivity contribution in [2.75, 3.05) is 11.9 Å². The number of hydrogen-bond donors (Lipinski definition) is 2. The normalized spacial score (nSPS) is 10.3. The maximum absolute atomic E-state index is 12.8. The number of anilines is 1. The number of nitrogens with one attached hydrogen (secondary N) is 2.